The quantitative estimate of drug-likeness (QED) is 0.577. The number of aryl methyl sites for hydroxylation is 1. The van der Waals surface area contributed by atoms with Crippen molar-refractivity contribution in [2.45, 2.75) is 18.0 Å². The summed E-state index contributed by atoms with van der Waals surface area (Å²) in [6.07, 6.45) is 3.63. The van der Waals surface area contributed by atoms with Crippen molar-refractivity contribution in [2.75, 3.05) is 11.6 Å². The molecule has 4 nitrogen and oxygen atoms in total. The van der Waals surface area contributed by atoms with E-state index in [1.165, 1.54) is 11.3 Å². The Balaban J connectivity index is 1.97. The highest BCUT2D eigenvalue weighted by Crippen LogP contribution is 2.33. The van der Waals surface area contributed by atoms with Crippen LogP contribution in [-0.4, -0.2) is 21.2 Å². The molecule has 8 heteroatoms. The number of H-pyrrole nitrogens is 1. The van der Waals surface area contributed by atoms with Crippen molar-refractivity contribution in [3.8, 4) is 0 Å². The molecule has 23 heavy (non-hydrogen) atoms. The molecule has 0 saturated heterocycles. The third-order valence-electron chi connectivity index (χ3n) is 3.22. The Kier molecular flexibility index (Phi) is 5.16. The van der Waals surface area contributed by atoms with Gasteiger partial charge in [0.25, 0.3) is 0 Å². The molecule has 0 amide bonds. The highest BCUT2D eigenvalue weighted by molar-refractivity contribution is 7.98. The number of rotatable bonds is 5. The lowest BCUT2D eigenvalue weighted by Gasteiger charge is -2.16. The molecular formula is C15H14Cl2N4S2. The molecule has 0 aromatic carbocycles. The zero-order valence-corrected chi connectivity index (χ0v) is 15.6. The summed E-state index contributed by atoms with van der Waals surface area (Å²) in [5.41, 5.74) is 1.05. The fourth-order valence-corrected chi connectivity index (χ4v) is 3.94. The van der Waals surface area contributed by atoms with Crippen molar-refractivity contribution < 1.29 is 0 Å². The fourth-order valence-electron chi connectivity index (χ4n) is 2.17. The number of hydrogen-bond donors (Lipinski definition) is 2. The second kappa shape index (κ2) is 7.13. The summed E-state index contributed by atoms with van der Waals surface area (Å²) in [6, 6.07) is 7.38. The molecule has 0 aliphatic carbocycles. The molecule has 2 N–H and O–H groups in total. The molecule has 0 spiro atoms. The van der Waals surface area contributed by atoms with Gasteiger partial charge < -0.3 is 10.3 Å². The lowest BCUT2D eigenvalue weighted by Crippen LogP contribution is -2.13. The molecule has 0 saturated carbocycles. The van der Waals surface area contributed by atoms with E-state index in [9.17, 15) is 0 Å². The van der Waals surface area contributed by atoms with E-state index in [0.29, 0.717) is 5.02 Å². The molecule has 0 radical (unpaired) electrons. The number of aromatic nitrogens is 3. The average molecular weight is 385 g/mol. The van der Waals surface area contributed by atoms with Crippen LogP contribution in [0.2, 0.25) is 9.36 Å². The minimum Gasteiger partial charge on any atom is -0.356 e. The number of aromatic amines is 1. The molecule has 3 heterocycles. The van der Waals surface area contributed by atoms with Crippen LogP contribution in [0.4, 0.5) is 5.82 Å². The topological polar surface area (TPSA) is 53.6 Å². The monoisotopic (exact) mass is 384 g/mol. The highest BCUT2D eigenvalue weighted by atomic mass is 35.5. The van der Waals surface area contributed by atoms with Gasteiger partial charge in [0.05, 0.1) is 9.36 Å². The third-order valence-corrected chi connectivity index (χ3v) is 5.53. The number of anilines is 1. The summed E-state index contributed by atoms with van der Waals surface area (Å²) in [7, 11) is 0. The normalized spacial score (nSPS) is 12.3. The lowest BCUT2D eigenvalue weighted by atomic mass is 10.2. The Labute approximate surface area is 152 Å². The smallest absolute Gasteiger partial charge is 0.135 e. The Morgan fingerprint density at radius 2 is 2.09 bits per heavy atom. The molecule has 1 atom stereocenters. The van der Waals surface area contributed by atoms with E-state index in [0.717, 1.165) is 31.6 Å². The molecule has 0 aliphatic rings. The first-order valence-corrected chi connectivity index (χ1v) is 9.60. The second-order valence-electron chi connectivity index (χ2n) is 4.84. The lowest BCUT2D eigenvalue weighted by molar-refractivity contribution is 0.854. The zero-order valence-electron chi connectivity index (χ0n) is 12.4. The van der Waals surface area contributed by atoms with Crippen LogP contribution in [-0.2, 0) is 0 Å². The van der Waals surface area contributed by atoms with Gasteiger partial charge in [0.1, 0.15) is 22.7 Å². The Morgan fingerprint density at radius 1 is 1.26 bits per heavy atom. The molecule has 120 valence electrons. The van der Waals surface area contributed by atoms with Crippen molar-refractivity contribution in [3.05, 3.63) is 56.2 Å². The van der Waals surface area contributed by atoms with Gasteiger partial charge in [0.2, 0.25) is 0 Å². The number of nitrogens with zero attached hydrogens (tertiary/aromatic N) is 2. The van der Waals surface area contributed by atoms with E-state index in [1.807, 2.05) is 31.4 Å². The van der Waals surface area contributed by atoms with Gasteiger partial charge in [0.15, 0.2) is 0 Å². The predicted molar refractivity (Wildman–Crippen MR) is 99.1 cm³/mol. The maximum Gasteiger partial charge on any atom is 0.135 e. The third kappa shape index (κ3) is 3.83. The molecule has 3 aromatic heterocycles. The van der Waals surface area contributed by atoms with Crippen LogP contribution < -0.4 is 5.32 Å². The summed E-state index contributed by atoms with van der Waals surface area (Å²) in [6.45, 7) is 2.02. The first-order chi connectivity index (χ1) is 11.1. The van der Waals surface area contributed by atoms with E-state index in [2.05, 4.69) is 20.3 Å². The summed E-state index contributed by atoms with van der Waals surface area (Å²) in [5, 5.41) is 4.98. The number of nitrogens with one attached hydrogen (secondary N) is 2. The summed E-state index contributed by atoms with van der Waals surface area (Å²) in [4.78, 5) is 13.4. The largest absolute Gasteiger partial charge is 0.356 e. The van der Waals surface area contributed by atoms with Gasteiger partial charge in [-0.05, 0) is 37.4 Å². The van der Waals surface area contributed by atoms with Crippen LogP contribution in [0.3, 0.4) is 0 Å². The van der Waals surface area contributed by atoms with E-state index < -0.39 is 0 Å². The van der Waals surface area contributed by atoms with Crippen molar-refractivity contribution in [1.82, 2.24) is 15.0 Å². The molecule has 3 rings (SSSR count). The average Bonchev–Trinajstić information content (AvgIpc) is 3.12. The van der Waals surface area contributed by atoms with Gasteiger partial charge >= 0.3 is 0 Å². The summed E-state index contributed by atoms with van der Waals surface area (Å²) >= 11 is 15.1. The number of pyridine rings is 1. The summed E-state index contributed by atoms with van der Waals surface area (Å²) < 4.78 is 0.740. The van der Waals surface area contributed by atoms with Crippen LogP contribution >= 0.6 is 46.3 Å². The van der Waals surface area contributed by atoms with Gasteiger partial charge in [-0.15, -0.1) is 23.1 Å². The predicted octanol–water partition coefficient (Wildman–Crippen LogP) is 5.40. The van der Waals surface area contributed by atoms with Crippen molar-refractivity contribution >= 4 is 52.1 Å². The Bertz CT molecular complexity index is 798. The Hall–Kier alpha value is -1.21. The maximum atomic E-state index is 6.10. The number of thioether (sulfide) groups is 1. The molecule has 0 fully saturated rings. The Morgan fingerprint density at radius 3 is 2.65 bits per heavy atom. The summed E-state index contributed by atoms with van der Waals surface area (Å²) in [5.74, 6) is 1.56. The molecule has 0 bridgehead atoms. The standard InChI is InChI=1S/C15H14Cl2N4S2/c1-8-15(22-2)21-14(19-8)13(10-4-5-11(17)23-10)20-12-6-3-9(16)7-18-12/h3-7,13H,1-2H3,(H,18,20)(H,19,21). The minimum atomic E-state index is -0.152. The van der Waals surface area contributed by atoms with Crippen LogP contribution in [0.5, 0.6) is 0 Å². The number of imidazole rings is 1. The van der Waals surface area contributed by atoms with Crippen molar-refractivity contribution in [3.63, 3.8) is 0 Å². The number of hydrogen-bond acceptors (Lipinski definition) is 5. The highest BCUT2D eigenvalue weighted by Gasteiger charge is 2.21. The van der Waals surface area contributed by atoms with Gasteiger partial charge in [-0.1, -0.05) is 23.2 Å². The maximum absolute atomic E-state index is 6.10. The van der Waals surface area contributed by atoms with Crippen LogP contribution in [0.15, 0.2) is 35.5 Å². The van der Waals surface area contributed by atoms with Gasteiger partial charge in [-0.3, -0.25) is 0 Å². The number of thiophene rings is 1. The zero-order chi connectivity index (χ0) is 16.4. The van der Waals surface area contributed by atoms with E-state index in [4.69, 9.17) is 23.2 Å². The van der Waals surface area contributed by atoms with E-state index >= 15 is 0 Å². The second-order valence-corrected chi connectivity index (χ2v) is 7.82. The van der Waals surface area contributed by atoms with Gasteiger partial charge in [0, 0.05) is 16.8 Å². The van der Waals surface area contributed by atoms with E-state index in [-0.39, 0.29) is 6.04 Å². The van der Waals surface area contributed by atoms with Crippen molar-refractivity contribution in [1.29, 1.82) is 0 Å². The van der Waals surface area contributed by atoms with Crippen LogP contribution in [0, 0.1) is 6.92 Å². The van der Waals surface area contributed by atoms with Gasteiger partial charge in [-0.25, -0.2) is 9.97 Å². The first-order valence-electron chi connectivity index (χ1n) is 6.80. The number of halogens is 2. The van der Waals surface area contributed by atoms with Crippen LogP contribution in [0.25, 0.3) is 0 Å². The fraction of sp³-hybridized carbons (Fsp3) is 0.200. The van der Waals surface area contributed by atoms with Crippen LogP contribution in [0.1, 0.15) is 22.4 Å². The molecule has 0 aliphatic heterocycles. The molecular weight excluding hydrogens is 371 g/mol. The minimum absolute atomic E-state index is 0.152. The molecule has 3 aromatic rings. The molecule has 1 unspecified atom stereocenters. The van der Waals surface area contributed by atoms with Crippen molar-refractivity contribution in [2.24, 2.45) is 0 Å². The first kappa shape index (κ1) is 16.6. The van der Waals surface area contributed by atoms with Gasteiger partial charge in [-0.2, -0.15) is 0 Å². The SMILES string of the molecule is CSc1nc(C(Nc2ccc(Cl)cn2)c2ccc(Cl)s2)[nH]c1C. The van der Waals surface area contributed by atoms with E-state index in [1.54, 1.807) is 24.0 Å².